The molecule has 4 amide bonds. The number of halogens is 2. The standard InChI is InChI=1S/C25H26ClFN4O8S/c26-20-6-5-19(40-20)24(35)31(21(32)2-1-8-38-23(34)11-28)13-16-12-30(25(36)39-16)18-4-3-15(10-17(18)27)29-7-9-37-14-22(29)33/h3-6,10,16H,1-2,7-9,11-14,28H2/t16-/m1/s1. The molecule has 1 atom stereocenters. The highest BCUT2D eigenvalue weighted by Gasteiger charge is 2.38. The van der Waals surface area contributed by atoms with E-state index in [0.717, 1.165) is 27.2 Å². The van der Waals surface area contributed by atoms with Crippen LogP contribution in [0, 0.1) is 5.82 Å². The van der Waals surface area contributed by atoms with Gasteiger partial charge in [0.05, 0.1) is 47.7 Å². The average molecular weight is 597 g/mol. The lowest BCUT2D eigenvalue weighted by Crippen LogP contribution is -2.43. The van der Waals surface area contributed by atoms with Gasteiger partial charge in [0.15, 0.2) is 0 Å². The lowest BCUT2D eigenvalue weighted by Gasteiger charge is -2.27. The number of nitrogens with zero attached hydrogens (tertiary/aromatic N) is 3. The minimum absolute atomic E-state index is 0.0633. The Hall–Kier alpha value is -3.59. The quantitative estimate of drug-likeness (QED) is 0.322. The summed E-state index contributed by atoms with van der Waals surface area (Å²) in [5.74, 6) is -2.90. The third kappa shape index (κ3) is 6.94. The number of esters is 1. The predicted octanol–water partition coefficient (Wildman–Crippen LogP) is 2.18. The van der Waals surface area contributed by atoms with Gasteiger partial charge in [-0.05, 0) is 36.8 Å². The Kier molecular flexibility index (Phi) is 9.68. The van der Waals surface area contributed by atoms with Crippen LogP contribution in [0.15, 0.2) is 30.3 Å². The van der Waals surface area contributed by atoms with Crippen molar-refractivity contribution in [2.24, 2.45) is 5.73 Å². The lowest BCUT2D eigenvalue weighted by molar-refractivity contribution is -0.142. The van der Waals surface area contributed by atoms with Crippen LogP contribution in [0.5, 0.6) is 0 Å². The maximum Gasteiger partial charge on any atom is 0.414 e. The van der Waals surface area contributed by atoms with E-state index in [9.17, 15) is 24.0 Å². The zero-order chi connectivity index (χ0) is 28.8. The van der Waals surface area contributed by atoms with Gasteiger partial charge in [-0.25, -0.2) is 9.18 Å². The fraction of sp³-hybridized carbons (Fsp3) is 0.400. The Bertz CT molecular complexity index is 1310. The molecule has 1 aromatic heterocycles. The summed E-state index contributed by atoms with van der Waals surface area (Å²) < 4.78 is 30.8. The topological polar surface area (TPSA) is 149 Å². The Morgan fingerprint density at radius 2 is 2.00 bits per heavy atom. The van der Waals surface area contributed by atoms with E-state index in [1.807, 2.05) is 0 Å². The number of morpholine rings is 1. The molecule has 0 spiro atoms. The molecule has 15 heteroatoms. The zero-order valence-corrected chi connectivity index (χ0v) is 22.7. The van der Waals surface area contributed by atoms with Crippen LogP contribution in [-0.4, -0.2) is 86.8 Å². The van der Waals surface area contributed by atoms with Gasteiger partial charge in [-0.2, -0.15) is 0 Å². The first kappa shape index (κ1) is 29.4. The minimum Gasteiger partial charge on any atom is -0.465 e. The summed E-state index contributed by atoms with van der Waals surface area (Å²) in [6.07, 6.45) is -1.81. The molecule has 0 radical (unpaired) electrons. The van der Waals surface area contributed by atoms with Crippen LogP contribution < -0.4 is 15.5 Å². The molecule has 2 aliphatic heterocycles. The highest BCUT2D eigenvalue weighted by Crippen LogP contribution is 2.30. The van der Waals surface area contributed by atoms with E-state index in [0.29, 0.717) is 16.6 Å². The Balaban J connectivity index is 1.45. The summed E-state index contributed by atoms with van der Waals surface area (Å²) in [5.41, 5.74) is 5.44. The number of amides is 4. The number of hydrogen-bond acceptors (Lipinski definition) is 10. The summed E-state index contributed by atoms with van der Waals surface area (Å²) in [7, 11) is 0. The molecule has 0 unspecified atom stereocenters. The van der Waals surface area contributed by atoms with Gasteiger partial charge in [-0.1, -0.05) is 11.6 Å². The molecule has 214 valence electrons. The monoisotopic (exact) mass is 596 g/mol. The molecule has 2 aliphatic rings. The van der Waals surface area contributed by atoms with E-state index in [4.69, 9.17) is 31.5 Å². The summed E-state index contributed by atoms with van der Waals surface area (Å²) >= 11 is 6.94. The van der Waals surface area contributed by atoms with Crippen molar-refractivity contribution in [2.75, 3.05) is 55.8 Å². The molecule has 2 aromatic rings. The van der Waals surface area contributed by atoms with Gasteiger partial charge in [0, 0.05) is 18.7 Å². The van der Waals surface area contributed by atoms with Crippen LogP contribution in [0.1, 0.15) is 22.5 Å². The molecule has 12 nitrogen and oxygen atoms in total. The number of imide groups is 1. The van der Waals surface area contributed by atoms with Crippen molar-refractivity contribution < 1.29 is 42.6 Å². The normalized spacial score (nSPS) is 17.1. The number of rotatable bonds is 10. The minimum atomic E-state index is -0.953. The third-order valence-corrected chi connectivity index (χ3v) is 7.29. The maximum absolute atomic E-state index is 15.1. The highest BCUT2D eigenvalue weighted by molar-refractivity contribution is 7.18. The van der Waals surface area contributed by atoms with Crippen LogP contribution >= 0.6 is 22.9 Å². The van der Waals surface area contributed by atoms with Crippen LogP contribution in [0.2, 0.25) is 4.34 Å². The number of anilines is 2. The van der Waals surface area contributed by atoms with Gasteiger partial charge in [0.2, 0.25) is 5.91 Å². The molecule has 4 rings (SSSR count). The number of carbonyl (C=O) groups excluding carboxylic acids is 5. The highest BCUT2D eigenvalue weighted by atomic mass is 35.5. The lowest BCUT2D eigenvalue weighted by atomic mass is 10.2. The molecular weight excluding hydrogens is 571 g/mol. The number of nitrogens with two attached hydrogens (primary N) is 1. The van der Waals surface area contributed by atoms with Crippen molar-refractivity contribution in [1.82, 2.24) is 4.90 Å². The Morgan fingerprint density at radius 1 is 1.20 bits per heavy atom. The van der Waals surface area contributed by atoms with E-state index < -0.39 is 35.8 Å². The first-order chi connectivity index (χ1) is 19.2. The van der Waals surface area contributed by atoms with Gasteiger partial charge in [-0.15, -0.1) is 11.3 Å². The average Bonchev–Trinajstić information content (AvgIpc) is 3.54. The fourth-order valence-corrected chi connectivity index (χ4v) is 5.15. The van der Waals surface area contributed by atoms with E-state index in [2.05, 4.69) is 0 Å². The molecule has 2 N–H and O–H groups in total. The van der Waals surface area contributed by atoms with Crippen molar-refractivity contribution in [2.45, 2.75) is 18.9 Å². The van der Waals surface area contributed by atoms with Gasteiger partial charge < -0.3 is 24.8 Å². The largest absolute Gasteiger partial charge is 0.465 e. The SMILES string of the molecule is NCC(=O)OCCCC(=O)N(C[C@H]1CN(c2ccc(N3CCOCC3=O)cc2F)C(=O)O1)C(=O)c1ccc(Cl)s1. The van der Waals surface area contributed by atoms with Crippen molar-refractivity contribution in [1.29, 1.82) is 0 Å². The maximum atomic E-state index is 15.1. The van der Waals surface area contributed by atoms with Gasteiger partial charge >= 0.3 is 12.1 Å². The first-order valence-electron chi connectivity index (χ1n) is 12.3. The van der Waals surface area contributed by atoms with Gasteiger partial charge in [-0.3, -0.25) is 29.0 Å². The Morgan fingerprint density at radius 3 is 2.67 bits per heavy atom. The van der Waals surface area contributed by atoms with Crippen molar-refractivity contribution in [3.63, 3.8) is 0 Å². The molecule has 0 saturated carbocycles. The molecule has 1 aromatic carbocycles. The first-order valence-corrected chi connectivity index (χ1v) is 13.5. The fourth-order valence-electron chi connectivity index (χ4n) is 4.15. The third-order valence-electron chi connectivity index (χ3n) is 6.07. The molecule has 3 heterocycles. The molecular formula is C25H26ClFN4O8S. The number of benzene rings is 1. The molecule has 2 fully saturated rings. The summed E-state index contributed by atoms with van der Waals surface area (Å²) in [6.45, 7) is -0.300. The predicted molar refractivity (Wildman–Crippen MR) is 142 cm³/mol. The Labute approximate surface area is 237 Å². The van der Waals surface area contributed by atoms with Crippen LogP contribution in [0.3, 0.4) is 0 Å². The second kappa shape index (κ2) is 13.2. The smallest absolute Gasteiger partial charge is 0.414 e. The van der Waals surface area contributed by atoms with Crippen LogP contribution in [-0.2, 0) is 28.6 Å². The van der Waals surface area contributed by atoms with Crippen molar-refractivity contribution in [3.8, 4) is 0 Å². The molecule has 0 bridgehead atoms. The van der Waals surface area contributed by atoms with Gasteiger partial charge in [0.25, 0.3) is 11.8 Å². The van der Waals surface area contributed by atoms with E-state index >= 15 is 4.39 Å². The molecule has 40 heavy (non-hydrogen) atoms. The number of hydrogen-bond donors (Lipinski definition) is 1. The van der Waals surface area contributed by atoms with Gasteiger partial charge in [0.1, 0.15) is 18.5 Å². The summed E-state index contributed by atoms with van der Waals surface area (Å²) in [5, 5.41) is 0. The molecule has 2 saturated heterocycles. The van der Waals surface area contributed by atoms with E-state index in [1.165, 1.54) is 29.2 Å². The second-order valence-corrected chi connectivity index (χ2v) is 10.5. The number of thiophene rings is 1. The summed E-state index contributed by atoms with van der Waals surface area (Å²) in [4.78, 5) is 65.8. The van der Waals surface area contributed by atoms with E-state index in [-0.39, 0.29) is 68.7 Å². The zero-order valence-electron chi connectivity index (χ0n) is 21.2. The second-order valence-electron chi connectivity index (χ2n) is 8.79. The van der Waals surface area contributed by atoms with Crippen LogP contribution in [0.25, 0.3) is 0 Å². The van der Waals surface area contributed by atoms with Crippen molar-refractivity contribution >= 4 is 64.1 Å². The number of carbonyl (C=O) groups is 5. The van der Waals surface area contributed by atoms with Crippen LogP contribution in [0.4, 0.5) is 20.6 Å². The van der Waals surface area contributed by atoms with Crippen molar-refractivity contribution in [3.05, 3.63) is 45.4 Å². The molecule has 0 aliphatic carbocycles. The van der Waals surface area contributed by atoms with E-state index in [1.54, 1.807) is 0 Å². The number of cyclic esters (lactones) is 1. The summed E-state index contributed by atoms with van der Waals surface area (Å²) in [6, 6.07) is 7.02. The number of ether oxygens (including phenoxy) is 3.